The SMILES string of the molecule is CS(C)(=O)=NC(=O)O. The molecule has 0 spiro atoms. The summed E-state index contributed by atoms with van der Waals surface area (Å²) in [5.74, 6) is 0. The topological polar surface area (TPSA) is 66.7 Å². The number of carbonyl (C=O) groups is 1. The molecular weight excluding hydrogens is 130 g/mol. The van der Waals surface area contributed by atoms with Crippen LogP contribution in [0.15, 0.2) is 4.36 Å². The van der Waals surface area contributed by atoms with Crippen LogP contribution in [0.2, 0.25) is 0 Å². The number of hydrogen-bond donors (Lipinski definition) is 1. The summed E-state index contributed by atoms with van der Waals surface area (Å²) in [6, 6.07) is 0. The number of nitrogens with zero attached hydrogens (tertiary/aromatic N) is 1. The zero-order chi connectivity index (χ0) is 6.78. The van der Waals surface area contributed by atoms with E-state index in [1.807, 2.05) is 0 Å². The normalized spacial score (nSPS) is 10.8. The van der Waals surface area contributed by atoms with E-state index in [0.717, 1.165) is 0 Å². The molecule has 0 aliphatic carbocycles. The largest absolute Gasteiger partial charge is 0.463 e. The highest BCUT2D eigenvalue weighted by Gasteiger charge is 1.93. The average molecular weight is 137 g/mol. The van der Waals surface area contributed by atoms with E-state index >= 15 is 0 Å². The predicted molar refractivity (Wildman–Crippen MR) is 30.4 cm³/mol. The van der Waals surface area contributed by atoms with Gasteiger partial charge in [-0.2, -0.15) is 0 Å². The Morgan fingerprint density at radius 2 is 2.00 bits per heavy atom. The monoisotopic (exact) mass is 137 g/mol. The smallest absolute Gasteiger partial charge is 0.439 e. The molecule has 0 rings (SSSR count). The molecule has 1 N–H and O–H groups in total. The van der Waals surface area contributed by atoms with Crippen molar-refractivity contribution in [2.24, 2.45) is 4.36 Å². The summed E-state index contributed by atoms with van der Waals surface area (Å²) >= 11 is 0. The van der Waals surface area contributed by atoms with Crippen LogP contribution in [-0.2, 0) is 9.73 Å². The molecule has 5 heteroatoms. The fraction of sp³-hybridized carbons (Fsp3) is 0.667. The first kappa shape index (κ1) is 7.42. The highest BCUT2D eigenvalue weighted by Crippen LogP contribution is 1.82. The summed E-state index contributed by atoms with van der Waals surface area (Å²) in [4.78, 5) is 9.67. The first-order valence-corrected chi connectivity index (χ1v) is 4.15. The van der Waals surface area contributed by atoms with Crippen molar-refractivity contribution in [1.29, 1.82) is 0 Å². The third-order valence-corrected chi connectivity index (χ3v) is 0.894. The summed E-state index contributed by atoms with van der Waals surface area (Å²) in [5, 5.41) is 7.90. The Morgan fingerprint density at radius 1 is 1.62 bits per heavy atom. The molecular formula is C3H7NO3S. The van der Waals surface area contributed by atoms with Gasteiger partial charge in [-0.3, -0.25) is 0 Å². The lowest BCUT2D eigenvalue weighted by molar-refractivity contribution is 0.206. The van der Waals surface area contributed by atoms with Gasteiger partial charge in [0.15, 0.2) is 0 Å². The molecule has 0 aromatic rings. The maximum Gasteiger partial charge on any atom is 0.439 e. The molecule has 0 unspecified atom stereocenters. The second kappa shape index (κ2) is 2.13. The summed E-state index contributed by atoms with van der Waals surface area (Å²) in [7, 11) is -2.45. The van der Waals surface area contributed by atoms with Crippen LogP contribution in [0.1, 0.15) is 0 Å². The third-order valence-electron chi connectivity index (χ3n) is 0.298. The molecule has 0 saturated carbocycles. The molecule has 0 radical (unpaired) electrons. The highest BCUT2D eigenvalue weighted by molar-refractivity contribution is 7.92. The van der Waals surface area contributed by atoms with Crippen molar-refractivity contribution < 1.29 is 14.1 Å². The minimum Gasteiger partial charge on any atom is -0.463 e. The molecule has 0 atom stereocenters. The lowest BCUT2D eigenvalue weighted by Crippen LogP contribution is -1.95. The van der Waals surface area contributed by atoms with E-state index in [2.05, 4.69) is 4.36 Å². The van der Waals surface area contributed by atoms with Crippen LogP contribution in [0.3, 0.4) is 0 Å². The Labute approximate surface area is 47.7 Å². The molecule has 0 aliphatic heterocycles. The Hall–Kier alpha value is -0.580. The van der Waals surface area contributed by atoms with Crippen LogP contribution in [0, 0.1) is 0 Å². The molecule has 0 heterocycles. The minimum absolute atomic E-state index is 1.27. The predicted octanol–water partition coefficient (Wildman–Crippen LogP) is 0.392. The second-order valence-corrected chi connectivity index (χ2v) is 4.10. The van der Waals surface area contributed by atoms with Gasteiger partial charge in [0.05, 0.1) is 9.73 Å². The molecule has 0 saturated heterocycles. The van der Waals surface area contributed by atoms with Crippen molar-refractivity contribution >= 4 is 15.8 Å². The number of amides is 1. The lowest BCUT2D eigenvalue weighted by Gasteiger charge is -1.85. The van der Waals surface area contributed by atoms with E-state index < -0.39 is 15.8 Å². The molecule has 1 amide bonds. The van der Waals surface area contributed by atoms with Crippen LogP contribution < -0.4 is 0 Å². The lowest BCUT2D eigenvalue weighted by atomic mass is 11.3. The molecule has 8 heavy (non-hydrogen) atoms. The number of rotatable bonds is 0. The molecule has 0 fully saturated rings. The Morgan fingerprint density at radius 3 is 2.00 bits per heavy atom. The van der Waals surface area contributed by atoms with Crippen molar-refractivity contribution in [1.82, 2.24) is 0 Å². The van der Waals surface area contributed by atoms with Crippen molar-refractivity contribution in [2.75, 3.05) is 12.5 Å². The van der Waals surface area contributed by atoms with Gasteiger partial charge in [-0.15, -0.1) is 4.36 Å². The van der Waals surface area contributed by atoms with Crippen molar-refractivity contribution in [3.8, 4) is 0 Å². The van der Waals surface area contributed by atoms with Crippen molar-refractivity contribution in [3.05, 3.63) is 0 Å². The van der Waals surface area contributed by atoms with Gasteiger partial charge in [-0.25, -0.2) is 9.00 Å². The van der Waals surface area contributed by atoms with Gasteiger partial charge in [0, 0.05) is 12.5 Å². The zero-order valence-electron chi connectivity index (χ0n) is 4.62. The van der Waals surface area contributed by atoms with E-state index in [9.17, 15) is 9.00 Å². The Balaban J connectivity index is 4.44. The van der Waals surface area contributed by atoms with Crippen LogP contribution >= 0.6 is 0 Å². The Kier molecular flexibility index (Phi) is 1.97. The standard InChI is InChI=1S/C3H7NO3S/c1-8(2,7)4-3(5)6/h1-2H3,(H,5,6). The maximum atomic E-state index is 10.4. The minimum atomic E-state index is -2.45. The van der Waals surface area contributed by atoms with E-state index in [1.54, 1.807) is 0 Å². The quantitative estimate of drug-likeness (QED) is 0.525. The summed E-state index contributed by atoms with van der Waals surface area (Å²) < 4.78 is 13.3. The van der Waals surface area contributed by atoms with E-state index in [0.29, 0.717) is 0 Å². The fourth-order valence-corrected chi connectivity index (χ4v) is 0.564. The first-order valence-electron chi connectivity index (χ1n) is 1.82. The molecule has 4 nitrogen and oxygen atoms in total. The van der Waals surface area contributed by atoms with E-state index in [4.69, 9.17) is 5.11 Å². The molecule has 0 aliphatic rings. The van der Waals surface area contributed by atoms with Gasteiger partial charge in [-0.1, -0.05) is 0 Å². The molecule has 48 valence electrons. The Bertz CT molecular complexity index is 193. The number of hydrogen-bond acceptors (Lipinski definition) is 2. The zero-order valence-corrected chi connectivity index (χ0v) is 5.44. The molecule has 0 bridgehead atoms. The summed E-state index contributed by atoms with van der Waals surface area (Å²) in [6.45, 7) is 0. The third kappa shape index (κ3) is 5.42. The molecule has 0 aromatic carbocycles. The van der Waals surface area contributed by atoms with Gasteiger partial charge in [0.25, 0.3) is 0 Å². The average Bonchev–Trinajstić information content (AvgIpc) is 1.21. The van der Waals surface area contributed by atoms with Gasteiger partial charge >= 0.3 is 6.09 Å². The van der Waals surface area contributed by atoms with Crippen LogP contribution in [0.25, 0.3) is 0 Å². The van der Waals surface area contributed by atoms with Crippen LogP contribution in [0.4, 0.5) is 4.79 Å². The van der Waals surface area contributed by atoms with Gasteiger partial charge in [-0.05, 0) is 0 Å². The summed E-state index contributed by atoms with van der Waals surface area (Å²) in [5.41, 5.74) is 0. The van der Waals surface area contributed by atoms with Gasteiger partial charge in [0.2, 0.25) is 0 Å². The first-order chi connectivity index (χ1) is 3.42. The second-order valence-electron chi connectivity index (χ2n) is 1.56. The van der Waals surface area contributed by atoms with Crippen molar-refractivity contribution in [2.45, 2.75) is 0 Å². The van der Waals surface area contributed by atoms with E-state index in [-0.39, 0.29) is 0 Å². The van der Waals surface area contributed by atoms with Gasteiger partial charge < -0.3 is 5.11 Å². The van der Waals surface area contributed by atoms with Crippen LogP contribution in [-0.4, -0.2) is 27.9 Å². The van der Waals surface area contributed by atoms with Crippen molar-refractivity contribution in [3.63, 3.8) is 0 Å². The fourth-order valence-electron chi connectivity index (χ4n) is 0.188. The number of carboxylic acid groups (broad SMARTS) is 1. The van der Waals surface area contributed by atoms with Crippen LogP contribution in [0.5, 0.6) is 0 Å². The maximum absolute atomic E-state index is 10.4. The van der Waals surface area contributed by atoms with E-state index in [1.165, 1.54) is 12.5 Å². The summed E-state index contributed by atoms with van der Waals surface area (Å²) in [6.07, 6.45) is 1.16. The highest BCUT2D eigenvalue weighted by atomic mass is 32.2. The molecule has 0 aromatic heterocycles. The van der Waals surface area contributed by atoms with Gasteiger partial charge in [0.1, 0.15) is 0 Å².